The highest BCUT2D eigenvalue weighted by atomic mass is 79.9. The van der Waals surface area contributed by atoms with E-state index in [2.05, 4.69) is 42.1 Å². The van der Waals surface area contributed by atoms with Gasteiger partial charge in [-0.3, -0.25) is 9.69 Å². The van der Waals surface area contributed by atoms with E-state index in [-0.39, 0.29) is 5.91 Å². The van der Waals surface area contributed by atoms with Gasteiger partial charge in [0, 0.05) is 8.95 Å². The molecule has 0 unspecified atom stereocenters. The Kier molecular flexibility index (Phi) is 5.85. The molecule has 2 rings (SSSR count). The number of amides is 1. The van der Waals surface area contributed by atoms with Gasteiger partial charge in [-0.25, -0.2) is 0 Å². The topological polar surface area (TPSA) is 32.3 Å². The van der Waals surface area contributed by atoms with Crippen LogP contribution in [0.15, 0.2) is 27.1 Å². The van der Waals surface area contributed by atoms with E-state index in [9.17, 15) is 4.79 Å². The molecule has 1 N–H and O–H groups in total. The van der Waals surface area contributed by atoms with E-state index in [0.29, 0.717) is 6.54 Å². The van der Waals surface area contributed by atoms with Crippen molar-refractivity contribution >= 4 is 43.5 Å². The van der Waals surface area contributed by atoms with Gasteiger partial charge in [-0.15, -0.1) is 0 Å². The largest absolute Gasteiger partial charge is 0.324 e. The Morgan fingerprint density at radius 2 is 1.84 bits per heavy atom. The van der Waals surface area contributed by atoms with Gasteiger partial charge < -0.3 is 5.32 Å². The van der Waals surface area contributed by atoms with Crippen LogP contribution < -0.4 is 5.32 Å². The van der Waals surface area contributed by atoms with Gasteiger partial charge >= 0.3 is 0 Å². The van der Waals surface area contributed by atoms with Crippen molar-refractivity contribution in [3.05, 3.63) is 27.1 Å². The molecule has 0 aliphatic carbocycles. The van der Waals surface area contributed by atoms with Crippen molar-refractivity contribution in [1.29, 1.82) is 0 Å². The number of nitrogens with one attached hydrogen (secondary N) is 1. The van der Waals surface area contributed by atoms with Gasteiger partial charge in [0.25, 0.3) is 0 Å². The fourth-order valence-corrected chi connectivity index (χ4v) is 2.99. The molecule has 0 atom stereocenters. The summed E-state index contributed by atoms with van der Waals surface area (Å²) in [5, 5.41) is 2.96. The van der Waals surface area contributed by atoms with Crippen LogP contribution in [0.5, 0.6) is 0 Å². The van der Waals surface area contributed by atoms with Crippen molar-refractivity contribution in [3.63, 3.8) is 0 Å². The Labute approximate surface area is 131 Å². The summed E-state index contributed by atoms with van der Waals surface area (Å²) in [7, 11) is 0. The van der Waals surface area contributed by atoms with Crippen LogP contribution in [0.25, 0.3) is 0 Å². The lowest BCUT2D eigenvalue weighted by molar-refractivity contribution is -0.117. The van der Waals surface area contributed by atoms with Gasteiger partial charge in [-0.1, -0.05) is 28.8 Å². The summed E-state index contributed by atoms with van der Waals surface area (Å²) in [6.45, 7) is 2.55. The van der Waals surface area contributed by atoms with E-state index in [1.54, 1.807) is 0 Å². The standard InChI is InChI=1S/C14H18Br2N2O/c15-11-5-6-12(16)13(9-11)17-14(19)10-18-7-3-1-2-4-8-18/h5-6,9H,1-4,7-8,10H2,(H,17,19). The molecule has 1 aromatic rings. The summed E-state index contributed by atoms with van der Waals surface area (Å²) < 4.78 is 1.86. The smallest absolute Gasteiger partial charge is 0.238 e. The predicted molar refractivity (Wildman–Crippen MR) is 85.4 cm³/mol. The number of carbonyl (C=O) groups is 1. The minimum absolute atomic E-state index is 0.0562. The Morgan fingerprint density at radius 1 is 1.16 bits per heavy atom. The number of anilines is 1. The molecule has 19 heavy (non-hydrogen) atoms. The van der Waals surface area contributed by atoms with E-state index in [1.807, 2.05) is 18.2 Å². The van der Waals surface area contributed by atoms with Crippen molar-refractivity contribution < 1.29 is 4.79 Å². The summed E-state index contributed by atoms with van der Waals surface area (Å²) in [6.07, 6.45) is 4.98. The number of hydrogen-bond donors (Lipinski definition) is 1. The quantitative estimate of drug-likeness (QED) is 0.846. The summed E-state index contributed by atoms with van der Waals surface area (Å²) >= 11 is 6.86. The van der Waals surface area contributed by atoms with Crippen LogP contribution in [-0.4, -0.2) is 30.4 Å². The molecule has 0 radical (unpaired) electrons. The molecule has 3 nitrogen and oxygen atoms in total. The van der Waals surface area contributed by atoms with Crippen LogP contribution in [0.3, 0.4) is 0 Å². The molecule has 5 heteroatoms. The predicted octanol–water partition coefficient (Wildman–Crippen LogP) is 4.03. The van der Waals surface area contributed by atoms with Crippen molar-refractivity contribution in [2.45, 2.75) is 25.7 Å². The Bertz CT molecular complexity index is 443. The third-order valence-electron chi connectivity index (χ3n) is 3.27. The van der Waals surface area contributed by atoms with Crippen molar-refractivity contribution in [3.8, 4) is 0 Å². The van der Waals surface area contributed by atoms with Gasteiger partial charge in [-0.2, -0.15) is 0 Å². The second-order valence-electron chi connectivity index (χ2n) is 4.86. The Balaban J connectivity index is 1.91. The molecule has 1 aliphatic heterocycles. The average molecular weight is 390 g/mol. The Hall–Kier alpha value is -0.390. The van der Waals surface area contributed by atoms with Crippen LogP contribution in [0.4, 0.5) is 5.69 Å². The molecular weight excluding hydrogens is 372 g/mol. The fourth-order valence-electron chi connectivity index (χ4n) is 2.28. The molecule has 1 amide bonds. The van der Waals surface area contributed by atoms with Crippen molar-refractivity contribution in [2.24, 2.45) is 0 Å². The third-order valence-corrected chi connectivity index (χ3v) is 4.45. The maximum Gasteiger partial charge on any atom is 0.238 e. The maximum absolute atomic E-state index is 12.1. The first-order chi connectivity index (χ1) is 9.15. The number of rotatable bonds is 3. The first kappa shape index (κ1) is 15.0. The second-order valence-corrected chi connectivity index (χ2v) is 6.63. The van der Waals surface area contributed by atoms with E-state index in [4.69, 9.17) is 0 Å². The van der Waals surface area contributed by atoms with Crippen molar-refractivity contribution in [1.82, 2.24) is 4.90 Å². The fraction of sp³-hybridized carbons (Fsp3) is 0.500. The first-order valence-electron chi connectivity index (χ1n) is 6.62. The lowest BCUT2D eigenvalue weighted by atomic mass is 10.2. The lowest BCUT2D eigenvalue weighted by Crippen LogP contribution is -2.34. The SMILES string of the molecule is O=C(CN1CCCCCC1)Nc1cc(Br)ccc1Br. The van der Waals surface area contributed by atoms with E-state index >= 15 is 0 Å². The van der Waals surface area contributed by atoms with Crippen LogP contribution in [0.1, 0.15) is 25.7 Å². The van der Waals surface area contributed by atoms with Gasteiger partial charge in [0.2, 0.25) is 5.91 Å². The summed E-state index contributed by atoms with van der Waals surface area (Å²) in [5.74, 6) is 0.0562. The highest BCUT2D eigenvalue weighted by Crippen LogP contribution is 2.26. The molecule has 1 fully saturated rings. The van der Waals surface area contributed by atoms with Gasteiger partial charge in [-0.05, 0) is 60.1 Å². The summed E-state index contributed by atoms with van der Waals surface area (Å²) in [5.41, 5.74) is 0.814. The average Bonchev–Trinajstić information content (AvgIpc) is 2.62. The number of halogens is 2. The first-order valence-corrected chi connectivity index (χ1v) is 8.21. The lowest BCUT2D eigenvalue weighted by Gasteiger charge is -2.19. The zero-order valence-electron chi connectivity index (χ0n) is 10.8. The Morgan fingerprint density at radius 3 is 2.53 bits per heavy atom. The van der Waals surface area contributed by atoms with E-state index in [1.165, 1.54) is 25.7 Å². The minimum Gasteiger partial charge on any atom is -0.324 e. The molecule has 0 aromatic heterocycles. The highest BCUT2D eigenvalue weighted by Gasteiger charge is 2.13. The van der Waals surface area contributed by atoms with Crippen LogP contribution in [-0.2, 0) is 4.79 Å². The van der Waals surface area contributed by atoms with E-state index < -0.39 is 0 Å². The zero-order chi connectivity index (χ0) is 13.7. The zero-order valence-corrected chi connectivity index (χ0v) is 14.0. The third kappa shape index (κ3) is 4.89. The number of carbonyl (C=O) groups excluding carboxylic acids is 1. The number of hydrogen-bond acceptors (Lipinski definition) is 2. The minimum atomic E-state index is 0.0562. The summed E-state index contributed by atoms with van der Waals surface area (Å²) in [6, 6.07) is 5.77. The van der Waals surface area contributed by atoms with E-state index in [0.717, 1.165) is 27.7 Å². The van der Waals surface area contributed by atoms with Crippen molar-refractivity contribution in [2.75, 3.05) is 25.0 Å². The monoisotopic (exact) mass is 388 g/mol. The number of likely N-dealkylation sites (tertiary alicyclic amines) is 1. The normalized spacial score (nSPS) is 16.9. The molecule has 0 saturated carbocycles. The molecule has 0 bridgehead atoms. The maximum atomic E-state index is 12.1. The molecule has 1 aliphatic rings. The van der Waals surface area contributed by atoms with Gasteiger partial charge in [0.1, 0.15) is 0 Å². The van der Waals surface area contributed by atoms with Gasteiger partial charge in [0.15, 0.2) is 0 Å². The van der Waals surface area contributed by atoms with Crippen LogP contribution in [0, 0.1) is 0 Å². The second kappa shape index (κ2) is 7.41. The van der Waals surface area contributed by atoms with Gasteiger partial charge in [0.05, 0.1) is 12.2 Å². The molecule has 104 valence electrons. The summed E-state index contributed by atoms with van der Waals surface area (Å²) in [4.78, 5) is 14.3. The molecular formula is C14H18Br2N2O. The number of benzene rings is 1. The molecule has 1 heterocycles. The van der Waals surface area contributed by atoms with Crippen LogP contribution in [0.2, 0.25) is 0 Å². The molecule has 0 spiro atoms. The molecule has 1 saturated heterocycles. The molecule has 1 aromatic carbocycles. The number of nitrogens with zero attached hydrogens (tertiary/aromatic N) is 1. The van der Waals surface area contributed by atoms with Crippen LogP contribution >= 0.6 is 31.9 Å². The highest BCUT2D eigenvalue weighted by molar-refractivity contribution is 9.11.